The second kappa shape index (κ2) is 29.8. The first-order valence-corrected chi connectivity index (χ1v) is 28.6. The number of rotatable bonds is 7. The minimum Gasteiger partial charge on any atom is -1.00 e. The van der Waals surface area contributed by atoms with Gasteiger partial charge >= 0.3 is 109 Å². The Labute approximate surface area is 588 Å². The molecule has 86 heavy (non-hydrogen) atoms. The molecule has 0 bridgehead atoms. The number of aromatic amines is 1. The van der Waals surface area contributed by atoms with Crippen LogP contribution in [-0.2, 0) is 47.1 Å². The van der Waals surface area contributed by atoms with Gasteiger partial charge in [0.1, 0.15) is 25.4 Å². The van der Waals surface area contributed by atoms with Gasteiger partial charge in [-0.25, -0.2) is 4.79 Å². The minimum absolute atomic E-state index is 0. The summed E-state index contributed by atoms with van der Waals surface area (Å²) in [5, 5.41) is 17.7. The molecule has 3 aromatic carbocycles. The topological polar surface area (TPSA) is 284 Å². The van der Waals surface area contributed by atoms with Crippen LogP contribution in [0.1, 0.15) is 68.9 Å². The molecule has 9 aromatic rings. The second-order valence-electron chi connectivity index (χ2n) is 21.6. The number of nitrogens with two attached hydrogens (primary N) is 1. The maximum absolute atomic E-state index is 12.5. The van der Waals surface area contributed by atoms with Gasteiger partial charge in [0.15, 0.2) is 17.2 Å². The van der Waals surface area contributed by atoms with E-state index in [-0.39, 0.29) is 150 Å². The number of amides is 1. The van der Waals surface area contributed by atoms with E-state index < -0.39 is 5.60 Å². The molecule has 3 aliphatic rings. The number of pyridine rings is 6. The predicted octanol–water partition coefficient (Wildman–Crippen LogP) is 0.333. The smallest absolute Gasteiger partial charge is 1.00 e. The van der Waals surface area contributed by atoms with Crippen molar-refractivity contribution >= 4 is 93.9 Å². The summed E-state index contributed by atoms with van der Waals surface area (Å²) in [6.45, 7) is 23.8. The Morgan fingerprint density at radius 2 is 0.977 bits per heavy atom. The molecule has 0 unspecified atom stereocenters. The van der Waals surface area contributed by atoms with Crippen molar-refractivity contribution in [3.05, 3.63) is 150 Å². The van der Waals surface area contributed by atoms with E-state index in [4.69, 9.17) is 34.7 Å². The molecule has 0 atom stereocenters. The maximum Gasteiger partial charge on any atom is 1.00 e. The Hall–Kier alpha value is -5.27. The number of nitrogens with zero attached hydrogens (tertiary/aromatic N) is 5. The third kappa shape index (κ3) is 14.6. The van der Waals surface area contributed by atoms with Gasteiger partial charge in [0.2, 0.25) is 5.56 Å². The van der Waals surface area contributed by atoms with Crippen molar-refractivity contribution in [1.29, 1.82) is 0 Å². The molecule has 0 radical (unpaired) electrons. The number of fused-ring (bicyclic) bond motifs is 6. The zero-order valence-electron chi connectivity index (χ0n) is 51.7. The molecule has 1 amide bonds. The molecular weight excluding hydrogens is 1230 g/mol. The zero-order chi connectivity index (χ0) is 61.1. The molecule has 25 heteroatoms. The van der Waals surface area contributed by atoms with Gasteiger partial charge in [-0.05, 0) is 120 Å². The van der Waals surface area contributed by atoms with Crippen LogP contribution < -0.4 is 167 Å². The van der Waals surface area contributed by atoms with E-state index in [2.05, 4.69) is 43.3 Å². The third-order valence-electron chi connectivity index (χ3n) is 14.5. The van der Waals surface area contributed by atoms with Crippen LogP contribution in [0.25, 0.3) is 65.4 Å². The van der Waals surface area contributed by atoms with Crippen LogP contribution in [0.4, 0.5) is 4.79 Å². The number of hydrogen-bond acceptors (Lipinski definition) is 15. The van der Waals surface area contributed by atoms with Crippen molar-refractivity contribution in [2.24, 2.45) is 5.73 Å². The number of ether oxygens (including phenoxy) is 4. The van der Waals surface area contributed by atoms with E-state index in [1.54, 1.807) is 59.2 Å². The molecule has 0 spiro atoms. The molecule has 446 valence electrons. The number of aryl methyl sites for hydroxylation is 7. The number of carbonyl (C=O) groups is 2. The molecule has 0 aliphatic carbocycles. The number of alkyl halides is 1. The van der Waals surface area contributed by atoms with E-state index in [0.717, 1.165) is 105 Å². The van der Waals surface area contributed by atoms with E-state index in [1.807, 2.05) is 75.3 Å². The SMILES string of the molecule is CC(C)(C)OC(=O)NCCBr.CCCn1c(=O)cc(C)c2cc3c(C)cc(=O)n4c3c(c21)OCC4.Cc1cc(=O)[nH]c2c3c4c(cc12)c(C)cc(=O)n4CCO3.Cc1cc(=O)n(CCN)c2c3c4c(cc12)c(C)cc(=O)n4CCO3.O=CO[O-].[H-].[K+].[K+]. The third-order valence-corrected chi connectivity index (χ3v) is 14.9. The van der Waals surface area contributed by atoms with Gasteiger partial charge in [-0.2, -0.15) is 0 Å². The first-order chi connectivity index (χ1) is 40.0. The first kappa shape index (κ1) is 69.8. The predicted molar refractivity (Wildman–Crippen MR) is 327 cm³/mol. The average Bonchev–Trinajstić information content (AvgIpc) is 0.808. The number of nitrogens with one attached hydrogen (secondary N) is 2. The first-order valence-electron chi connectivity index (χ1n) is 27.5. The molecule has 0 fully saturated rings. The molecule has 3 aliphatic heterocycles. The molecule has 12 rings (SSSR count). The second-order valence-corrected chi connectivity index (χ2v) is 22.4. The Morgan fingerprint density at radius 1 is 0.616 bits per heavy atom. The van der Waals surface area contributed by atoms with Gasteiger partial charge in [0.25, 0.3) is 34.3 Å². The van der Waals surface area contributed by atoms with Crippen LogP contribution in [0.2, 0.25) is 0 Å². The van der Waals surface area contributed by atoms with Crippen LogP contribution in [0.5, 0.6) is 17.2 Å². The number of H-pyrrole nitrogens is 1. The fourth-order valence-corrected chi connectivity index (χ4v) is 11.1. The number of halogens is 1. The summed E-state index contributed by atoms with van der Waals surface area (Å²) in [6, 6.07) is 16.1. The standard InChI is InChI=1S/C19H20N2O3.C18H19N3O3.C16H14N2O3.C7H14BrNO2.CH2O3.2K.H/c1-4-5-20-15(22)8-11(2)13-10-14-12(3)9-16(23)21-6-7-24-19(17(13)20)18(14)21;1-10-7-14(22)20(4-3-19)16-12(10)9-13-11(2)8-15(23)21-5-6-24-18(16)17(13)21;1-8-5-12(19)17-14-10(8)7-11-9(2)6-13(20)18-3-4-21-16(14)15(11)18;1-7(2,3)11-6(10)9-5-4-8;2-1-4-3;;;/h8-10H,4-7H2,1-3H3;7-9H,3-6,19H2,1-2H3;5-7H,3-4H2,1-2H3,(H,17,19);4-5H2,1-3H3,(H,9,10);1,3H;;;/q;;;;;2*+1;-1/p-1. The van der Waals surface area contributed by atoms with Crippen molar-refractivity contribution < 1.29 is 143 Å². The average molecular weight is 1300 g/mol. The van der Waals surface area contributed by atoms with E-state index >= 15 is 0 Å². The number of carbonyl (C=O) groups excluding carboxylic acids is 2. The Kier molecular flexibility index (Phi) is 24.2. The summed E-state index contributed by atoms with van der Waals surface area (Å²) < 4.78 is 31.4. The Balaban J connectivity index is 0.000000211. The molecule has 22 nitrogen and oxygen atoms in total. The van der Waals surface area contributed by atoms with Gasteiger partial charge in [0, 0.05) is 100 Å². The van der Waals surface area contributed by atoms with Gasteiger partial charge < -0.3 is 69.4 Å². The van der Waals surface area contributed by atoms with E-state index in [0.29, 0.717) is 88.4 Å². The molecule has 4 N–H and O–H groups in total. The summed E-state index contributed by atoms with van der Waals surface area (Å²) in [6.07, 6.45) is 0.493. The van der Waals surface area contributed by atoms with Crippen molar-refractivity contribution in [2.45, 2.75) is 114 Å². The van der Waals surface area contributed by atoms with Gasteiger partial charge in [-0.3, -0.25) is 33.6 Å². The monoisotopic (exact) mass is 1290 g/mol. The fourth-order valence-electron chi connectivity index (χ4n) is 10.9. The summed E-state index contributed by atoms with van der Waals surface area (Å²) in [5.74, 6) is 1.89. The quantitative estimate of drug-likeness (QED) is 0.0484. The largest absolute Gasteiger partial charge is 1.00 e. The van der Waals surface area contributed by atoms with E-state index in [9.17, 15) is 33.6 Å². The Bertz CT molecular complexity index is 4310. The van der Waals surface area contributed by atoms with Crippen LogP contribution in [-0.4, -0.2) is 84.2 Å². The number of alkyl carbamates (subject to hydrolysis) is 1. The van der Waals surface area contributed by atoms with Gasteiger partial charge in [-0.15, -0.1) is 0 Å². The molecule has 0 saturated heterocycles. The zero-order valence-corrected chi connectivity index (χ0v) is 58.5. The summed E-state index contributed by atoms with van der Waals surface area (Å²) in [7, 11) is 0. The maximum atomic E-state index is 12.5. The number of aromatic nitrogens is 6. The minimum atomic E-state index is -0.406. The summed E-state index contributed by atoms with van der Waals surface area (Å²) in [5.41, 5.74) is 15.0. The van der Waals surface area contributed by atoms with Gasteiger partial charge in [0.05, 0.1) is 52.7 Å². The van der Waals surface area contributed by atoms with Crippen molar-refractivity contribution in [1.82, 2.24) is 33.1 Å². The van der Waals surface area contributed by atoms with Crippen molar-refractivity contribution in [3.63, 3.8) is 0 Å². The Morgan fingerprint density at radius 3 is 1.36 bits per heavy atom. The molecular formula is C61H69BrK2N8O14. The fraction of sp³-hybridized carbons (Fsp3) is 0.377. The van der Waals surface area contributed by atoms with Crippen LogP contribution in [0.15, 0.2) is 83.4 Å². The van der Waals surface area contributed by atoms with Crippen molar-refractivity contribution in [2.75, 3.05) is 38.2 Å². The van der Waals surface area contributed by atoms with E-state index in [1.165, 1.54) is 0 Å². The molecule has 9 heterocycles. The summed E-state index contributed by atoms with van der Waals surface area (Å²) in [4.78, 5) is 98.7. The summed E-state index contributed by atoms with van der Waals surface area (Å²) >= 11 is 3.19. The number of benzene rings is 3. The van der Waals surface area contributed by atoms with Gasteiger partial charge in [-0.1, -0.05) is 22.9 Å². The molecule has 6 aromatic heterocycles. The normalized spacial score (nSPS) is 12.5. The van der Waals surface area contributed by atoms with Crippen molar-refractivity contribution in [3.8, 4) is 17.2 Å². The van der Waals surface area contributed by atoms with Crippen LogP contribution in [0, 0.1) is 41.5 Å². The van der Waals surface area contributed by atoms with Crippen LogP contribution in [0.3, 0.4) is 0 Å². The van der Waals surface area contributed by atoms with Crippen LogP contribution >= 0.6 is 15.9 Å². The number of hydrogen-bond donors (Lipinski definition) is 3. The molecule has 0 saturated carbocycles.